The van der Waals surface area contributed by atoms with E-state index in [9.17, 15) is 13.2 Å². The highest BCUT2D eigenvalue weighted by Crippen LogP contribution is 2.22. The first kappa shape index (κ1) is 17.8. The third-order valence-corrected chi connectivity index (χ3v) is 6.66. The molecule has 0 saturated carbocycles. The summed E-state index contributed by atoms with van der Waals surface area (Å²) in [6, 6.07) is 11.4. The van der Waals surface area contributed by atoms with Crippen LogP contribution in [0.3, 0.4) is 0 Å². The van der Waals surface area contributed by atoms with Gasteiger partial charge in [-0.2, -0.15) is 11.3 Å². The Morgan fingerprint density at radius 1 is 1.12 bits per heavy atom. The number of hydrogen-bond donors (Lipinski definition) is 1. The number of hydrogen-bond acceptors (Lipinski definition) is 6. The zero-order chi connectivity index (χ0) is 17.9. The topological polar surface area (TPSA) is 72.5 Å². The average Bonchev–Trinajstić information content (AvgIpc) is 3.31. The molecule has 2 aromatic heterocycles. The Kier molecular flexibility index (Phi) is 5.33. The summed E-state index contributed by atoms with van der Waals surface area (Å²) in [7, 11) is -2.10. The van der Waals surface area contributed by atoms with Gasteiger partial charge in [0.05, 0.1) is 16.9 Å². The molecule has 8 heteroatoms. The van der Waals surface area contributed by atoms with Crippen LogP contribution in [0.2, 0.25) is 0 Å². The van der Waals surface area contributed by atoms with Crippen molar-refractivity contribution in [3.8, 4) is 5.75 Å². The Morgan fingerprint density at radius 2 is 1.88 bits per heavy atom. The minimum atomic E-state index is -3.62. The molecule has 0 atom stereocenters. The first-order valence-electron chi connectivity index (χ1n) is 7.29. The number of sulfonamides is 1. The van der Waals surface area contributed by atoms with E-state index in [2.05, 4.69) is 4.72 Å². The number of carbonyl (C=O) groups is 1. The highest BCUT2D eigenvalue weighted by molar-refractivity contribution is 7.89. The third kappa shape index (κ3) is 4.16. The van der Waals surface area contributed by atoms with Crippen LogP contribution in [-0.2, 0) is 16.6 Å². The van der Waals surface area contributed by atoms with Crippen molar-refractivity contribution in [1.29, 1.82) is 0 Å². The molecule has 1 aromatic carbocycles. The average molecular weight is 394 g/mol. The van der Waals surface area contributed by atoms with Gasteiger partial charge in [0.1, 0.15) is 5.75 Å². The van der Waals surface area contributed by atoms with Gasteiger partial charge in [-0.15, -0.1) is 11.3 Å². The van der Waals surface area contributed by atoms with E-state index >= 15 is 0 Å². The van der Waals surface area contributed by atoms with Crippen molar-refractivity contribution in [2.75, 3.05) is 7.11 Å². The largest absolute Gasteiger partial charge is 0.497 e. The van der Waals surface area contributed by atoms with Gasteiger partial charge in [-0.3, -0.25) is 4.79 Å². The van der Waals surface area contributed by atoms with Crippen LogP contribution in [0.15, 0.2) is 58.1 Å². The van der Waals surface area contributed by atoms with Crippen molar-refractivity contribution in [3.05, 3.63) is 68.5 Å². The molecule has 0 aliphatic heterocycles. The fourth-order valence-corrected chi connectivity index (χ4v) is 4.78. The van der Waals surface area contributed by atoms with Gasteiger partial charge in [-0.05, 0) is 47.8 Å². The molecule has 1 N–H and O–H groups in total. The minimum Gasteiger partial charge on any atom is -0.497 e. The first-order valence-corrected chi connectivity index (χ1v) is 10.5. The number of benzene rings is 1. The van der Waals surface area contributed by atoms with E-state index in [1.807, 2.05) is 5.38 Å². The molecule has 0 spiro atoms. The minimum absolute atomic E-state index is 0.0458. The van der Waals surface area contributed by atoms with E-state index in [0.717, 1.165) is 4.88 Å². The number of ether oxygens (including phenoxy) is 1. The molecule has 0 aliphatic rings. The summed E-state index contributed by atoms with van der Waals surface area (Å²) in [6.45, 7) is 0.135. The van der Waals surface area contributed by atoms with Crippen LogP contribution >= 0.6 is 22.7 Å². The molecule has 3 aromatic rings. The van der Waals surface area contributed by atoms with Crippen molar-refractivity contribution < 1.29 is 17.9 Å². The van der Waals surface area contributed by atoms with Gasteiger partial charge in [0.25, 0.3) is 0 Å². The maximum atomic E-state index is 12.3. The summed E-state index contributed by atoms with van der Waals surface area (Å²) < 4.78 is 32.2. The van der Waals surface area contributed by atoms with Crippen LogP contribution < -0.4 is 9.46 Å². The zero-order valence-corrected chi connectivity index (χ0v) is 15.7. The lowest BCUT2D eigenvalue weighted by atomic mass is 10.2. The molecule has 0 aliphatic carbocycles. The van der Waals surface area contributed by atoms with Gasteiger partial charge < -0.3 is 4.74 Å². The summed E-state index contributed by atoms with van der Waals surface area (Å²) in [5.41, 5.74) is 0.650. The molecule has 0 fully saturated rings. The number of rotatable bonds is 7. The van der Waals surface area contributed by atoms with E-state index in [4.69, 9.17) is 4.74 Å². The van der Waals surface area contributed by atoms with Crippen molar-refractivity contribution in [2.24, 2.45) is 0 Å². The first-order chi connectivity index (χ1) is 12.0. The van der Waals surface area contributed by atoms with E-state index in [1.54, 1.807) is 35.7 Å². The van der Waals surface area contributed by atoms with Crippen molar-refractivity contribution in [3.63, 3.8) is 0 Å². The Labute approximate surface area is 154 Å². The van der Waals surface area contributed by atoms with Gasteiger partial charge in [0.15, 0.2) is 0 Å². The fraction of sp³-hybridized carbons (Fsp3) is 0.118. The second-order valence-electron chi connectivity index (χ2n) is 5.11. The molecule has 25 heavy (non-hydrogen) atoms. The van der Waals surface area contributed by atoms with Crippen LogP contribution in [0.1, 0.15) is 20.1 Å². The van der Waals surface area contributed by atoms with E-state index < -0.39 is 10.0 Å². The summed E-state index contributed by atoms with van der Waals surface area (Å²) in [5.74, 6) is 0.546. The van der Waals surface area contributed by atoms with Crippen molar-refractivity contribution in [1.82, 2.24) is 4.72 Å². The van der Waals surface area contributed by atoms with Gasteiger partial charge >= 0.3 is 0 Å². The van der Waals surface area contributed by atoms with Crippen molar-refractivity contribution >= 4 is 38.5 Å². The molecule has 3 rings (SSSR count). The van der Waals surface area contributed by atoms with Crippen LogP contribution in [0.25, 0.3) is 0 Å². The molecular formula is C17H15NO4S3. The Hall–Kier alpha value is -2.00. The smallest absolute Gasteiger partial charge is 0.240 e. The van der Waals surface area contributed by atoms with E-state index in [1.165, 1.54) is 41.9 Å². The summed E-state index contributed by atoms with van der Waals surface area (Å²) in [6.07, 6.45) is 0. The number of ketones is 1. The highest BCUT2D eigenvalue weighted by Gasteiger charge is 2.16. The lowest BCUT2D eigenvalue weighted by Gasteiger charge is -2.06. The molecule has 0 radical (unpaired) electrons. The number of methoxy groups -OCH3 is 1. The second-order valence-corrected chi connectivity index (χ2v) is 8.82. The van der Waals surface area contributed by atoms with Gasteiger partial charge in [-0.1, -0.05) is 0 Å². The molecule has 0 amide bonds. The predicted molar refractivity (Wildman–Crippen MR) is 99.1 cm³/mol. The number of thiophene rings is 2. The molecule has 130 valence electrons. The number of nitrogens with one attached hydrogen (secondary N) is 1. The maximum Gasteiger partial charge on any atom is 0.240 e. The van der Waals surface area contributed by atoms with Crippen molar-refractivity contribution in [2.45, 2.75) is 11.4 Å². The van der Waals surface area contributed by atoms with Crippen LogP contribution in [0, 0.1) is 0 Å². The molecule has 2 heterocycles. The Morgan fingerprint density at radius 3 is 2.52 bits per heavy atom. The zero-order valence-electron chi connectivity index (χ0n) is 13.3. The summed E-state index contributed by atoms with van der Waals surface area (Å²) >= 11 is 2.76. The molecule has 0 saturated heterocycles. The van der Waals surface area contributed by atoms with Crippen LogP contribution in [0.4, 0.5) is 0 Å². The summed E-state index contributed by atoms with van der Waals surface area (Å²) in [4.78, 5) is 13.8. The predicted octanol–water partition coefficient (Wildman–Crippen LogP) is 3.53. The SMILES string of the molecule is COc1ccc(S(=O)(=O)NCc2ccc(C(=O)c3ccsc3)s2)cc1. The van der Waals surface area contributed by atoms with Crippen LogP contribution in [-0.4, -0.2) is 21.3 Å². The van der Waals surface area contributed by atoms with Gasteiger partial charge in [0.2, 0.25) is 15.8 Å². The second kappa shape index (κ2) is 7.49. The normalized spacial score (nSPS) is 11.4. The Balaban J connectivity index is 1.68. The van der Waals surface area contributed by atoms with E-state index in [0.29, 0.717) is 16.2 Å². The lowest BCUT2D eigenvalue weighted by molar-refractivity contribution is 0.104. The van der Waals surface area contributed by atoms with Gasteiger partial charge in [-0.25, -0.2) is 13.1 Å². The standard InChI is InChI=1S/C17H15NO4S3/c1-22-13-2-5-15(6-3-13)25(20,21)18-10-14-4-7-16(24-14)17(19)12-8-9-23-11-12/h2-9,11,18H,10H2,1H3. The van der Waals surface area contributed by atoms with Crippen LogP contribution in [0.5, 0.6) is 5.75 Å². The van der Waals surface area contributed by atoms with Gasteiger partial charge in [0, 0.05) is 22.4 Å². The molecule has 0 unspecified atom stereocenters. The maximum absolute atomic E-state index is 12.3. The lowest BCUT2D eigenvalue weighted by Crippen LogP contribution is -2.22. The number of carbonyl (C=O) groups excluding carboxylic acids is 1. The molecule has 5 nitrogen and oxygen atoms in total. The fourth-order valence-electron chi connectivity index (χ4n) is 2.14. The highest BCUT2D eigenvalue weighted by atomic mass is 32.2. The molecule has 0 bridgehead atoms. The third-order valence-electron chi connectivity index (χ3n) is 3.47. The monoisotopic (exact) mass is 393 g/mol. The Bertz CT molecular complexity index is 958. The molecular weight excluding hydrogens is 378 g/mol. The quantitative estimate of drug-likeness (QED) is 0.623. The van der Waals surface area contributed by atoms with E-state index in [-0.39, 0.29) is 17.2 Å². The summed E-state index contributed by atoms with van der Waals surface area (Å²) in [5, 5.41) is 3.65.